The van der Waals surface area contributed by atoms with Crippen molar-refractivity contribution in [1.82, 2.24) is 5.48 Å². The first kappa shape index (κ1) is 13.1. The Hall–Kier alpha value is -1.33. The molecule has 1 heterocycles. The average Bonchev–Trinajstić information content (AvgIpc) is 2.34. The van der Waals surface area contributed by atoms with Gasteiger partial charge in [0.2, 0.25) is 0 Å². The van der Waals surface area contributed by atoms with Crippen LogP contribution in [0, 0.1) is 0 Å². The van der Waals surface area contributed by atoms with E-state index in [2.05, 4.69) is 5.48 Å². The first-order chi connectivity index (χ1) is 8.52. The van der Waals surface area contributed by atoms with Crippen molar-refractivity contribution in [3.8, 4) is 11.5 Å². The van der Waals surface area contributed by atoms with Crippen LogP contribution in [0.4, 0.5) is 4.39 Å². The molecule has 1 N–H and O–H groups in total. The molecule has 5 heteroatoms. The molecule has 4 nitrogen and oxygen atoms in total. The summed E-state index contributed by atoms with van der Waals surface area (Å²) >= 11 is 0. The summed E-state index contributed by atoms with van der Waals surface area (Å²) in [4.78, 5) is 4.81. The molecule has 0 aliphatic carbocycles. The zero-order valence-electron chi connectivity index (χ0n) is 10.9. The number of hydroxylamine groups is 1. The van der Waals surface area contributed by atoms with Crippen molar-refractivity contribution in [2.24, 2.45) is 0 Å². The molecule has 1 aromatic carbocycles. The molecule has 0 saturated heterocycles. The highest BCUT2D eigenvalue weighted by molar-refractivity contribution is 5.49. The van der Waals surface area contributed by atoms with E-state index in [0.717, 1.165) is 5.56 Å². The summed E-state index contributed by atoms with van der Waals surface area (Å²) in [5.41, 5.74) is 2.66. The Balaban J connectivity index is 2.41. The number of ether oxygens (including phenoxy) is 2. The quantitative estimate of drug-likeness (QED) is 0.838. The number of rotatable bonds is 4. The Morgan fingerprint density at radius 3 is 2.44 bits per heavy atom. The SMILES string of the molecule is CONCc1cc2c(cc1C(C)(C)F)OCCO2. The summed E-state index contributed by atoms with van der Waals surface area (Å²) in [5.74, 6) is 1.25. The maximum absolute atomic E-state index is 14.2. The lowest BCUT2D eigenvalue weighted by Gasteiger charge is -2.25. The van der Waals surface area contributed by atoms with Gasteiger partial charge in [-0.3, -0.25) is 0 Å². The molecule has 0 aromatic heterocycles. The minimum atomic E-state index is -1.44. The van der Waals surface area contributed by atoms with E-state index in [-0.39, 0.29) is 0 Å². The highest BCUT2D eigenvalue weighted by Gasteiger charge is 2.26. The largest absolute Gasteiger partial charge is 0.486 e. The minimum Gasteiger partial charge on any atom is -0.486 e. The Morgan fingerprint density at radius 2 is 1.89 bits per heavy atom. The third-order valence-corrected chi connectivity index (χ3v) is 2.82. The number of hydrogen-bond donors (Lipinski definition) is 1. The highest BCUT2D eigenvalue weighted by Crippen LogP contribution is 2.38. The Bertz CT molecular complexity index is 429. The van der Waals surface area contributed by atoms with Crippen LogP contribution in [0.3, 0.4) is 0 Å². The molecule has 0 radical (unpaired) electrons. The summed E-state index contributed by atoms with van der Waals surface area (Å²) in [7, 11) is 1.53. The second kappa shape index (κ2) is 5.12. The van der Waals surface area contributed by atoms with E-state index in [1.54, 1.807) is 12.1 Å². The lowest BCUT2D eigenvalue weighted by molar-refractivity contribution is 0.0853. The van der Waals surface area contributed by atoms with Crippen LogP contribution in [0.1, 0.15) is 25.0 Å². The lowest BCUT2D eigenvalue weighted by Crippen LogP contribution is -2.21. The zero-order chi connectivity index (χ0) is 13.2. The van der Waals surface area contributed by atoms with Gasteiger partial charge in [-0.1, -0.05) is 0 Å². The van der Waals surface area contributed by atoms with E-state index in [1.807, 2.05) is 0 Å². The van der Waals surface area contributed by atoms with Crippen LogP contribution in [0.15, 0.2) is 12.1 Å². The first-order valence-corrected chi connectivity index (χ1v) is 5.90. The second-order valence-corrected chi connectivity index (χ2v) is 4.65. The van der Waals surface area contributed by atoms with Crippen molar-refractivity contribution >= 4 is 0 Å². The summed E-state index contributed by atoms with van der Waals surface area (Å²) in [6.45, 7) is 4.47. The smallest absolute Gasteiger partial charge is 0.161 e. The fraction of sp³-hybridized carbons (Fsp3) is 0.538. The number of benzene rings is 1. The molecule has 1 aliphatic rings. The van der Waals surface area contributed by atoms with Crippen molar-refractivity contribution in [2.75, 3.05) is 20.3 Å². The number of alkyl halides is 1. The Morgan fingerprint density at radius 1 is 1.28 bits per heavy atom. The zero-order valence-corrected chi connectivity index (χ0v) is 10.9. The molecule has 100 valence electrons. The standard InChI is InChI=1S/C13H18FNO3/c1-13(2,14)10-7-12-11(17-4-5-18-12)6-9(10)8-15-16-3/h6-7,15H,4-5,8H2,1-3H3. The topological polar surface area (TPSA) is 39.7 Å². The molecule has 2 rings (SSSR count). The molecular formula is C13H18FNO3. The number of nitrogens with one attached hydrogen (secondary N) is 1. The van der Waals surface area contributed by atoms with Crippen LogP contribution in [0.5, 0.6) is 11.5 Å². The molecular weight excluding hydrogens is 237 g/mol. The van der Waals surface area contributed by atoms with E-state index in [4.69, 9.17) is 14.3 Å². The van der Waals surface area contributed by atoms with Crippen LogP contribution in [-0.4, -0.2) is 20.3 Å². The number of halogens is 1. The van der Waals surface area contributed by atoms with Gasteiger partial charge in [0.15, 0.2) is 11.5 Å². The Labute approximate surface area is 106 Å². The van der Waals surface area contributed by atoms with Gasteiger partial charge in [0, 0.05) is 6.54 Å². The van der Waals surface area contributed by atoms with Gasteiger partial charge in [-0.2, -0.15) is 5.48 Å². The van der Waals surface area contributed by atoms with E-state index < -0.39 is 5.67 Å². The van der Waals surface area contributed by atoms with E-state index in [9.17, 15) is 4.39 Å². The molecule has 0 bridgehead atoms. The predicted molar refractivity (Wildman–Crippen MR) is 65.4 cm³/mol. The van der Waals surface area contributed by atoms with E-state index >= 15 is 0 Å². The number of fused-ring (bicyclic) bond motifs is 1. The lowest BCUT2D eigenvalue weighted by atomic mass is 9.94. The predicted octanol–water partition coefficient (Wildman–Crippen LogP) is 2.31. The maximum Gasteiger partial charge on any atom is 0.161 e. The van der Waals surface area contributed by atoms with Crippen LogP contribution in [0.2, 0.25) is 0 Å². The summed E-state index contributed by atoms with van der Waals surface area (Å²) in [5, 5.41) is 0. The van der Waals surface area contributed by atoms with Gasteiger partial charge in [-0.25, -0.2) is 4.39 Å². The van der Waals surface area contributed by atoms with Gasteiger partial charge >= 0.3 is 0 Å². The van der Waals surface area contributed by atoms with Crippen molar-refractivity contribution in [2.45, 2.75) is 26.1 Å². The third-order valence-electron chi connectivity index (χ3n) is 2.82. The molecule has 18 heavy (non-hydrogen) atoms. The van der Waals surface area contributed by atoms with Crippen molar-refractivity contribution in [3.63, 3.8) is 0 Å². The van der Waals surface area contributed by atoms with Gasteiger partial charge < -0.3 is 14.3 Å². The monoisotopic (exact) mass is 255 g/mol. The normalized spacial score (nSPS) is 14.7. The number of hydrogen-bond acceptors (Lipinski definition) is 4. The van der Waals surface area contributed by atoms with Crippen molar-refractivity contribution < 1.29 is 18.7 Å². The molecule has 0 fully saturated rings. The van der Waals surface area contributed by atoms with Crippen LogP contribution < -0.4 is 15.0 Å². The minimum absolute atomic E-state index is 0.413. The summed E-state index contributed by atoms with van der Waals surface area (Å²) in [6, 6.07) is 3.51. The molecule has 0 amide bonds. The average molecular weight is 255 g/mol. The van der Waals surface area contributed by atoms with Crippen molar-refractivity contribution in [3.05, 3.63) is 23.3 Å². The molecule has 1 aromatic rings. The summed E-state index contributed by atoms with van der Waals surface area (Å²) in [6.07, 6.45) is 0. The molecule has 0 atom stereocenters. The summed E-state index contributed by atoms with van der Waals surface area (Å²) < 4.78 is 25.2. The third kappa shape index (κ3) is 2.73. The van der Waals surface area contributed by atoms with Gasteiger partial charge in [-0.15, -0.1) is 0 Å². The van der Waals surface area contributed by atoms with Gasteiger partial charge in [0.1, 0.15) is 18.9 Å². The molecule has 0 spiro atoms. The molecule has 1 aliphatic heterocycles. The van der Waals surface area contributed by atoms with Gasteiger partial charge in [-0.05, 0) is 37.1 Å². The fourth-order valence-electron chi connectivity index (χ4n) is 1.98. The highest BCUT2D eigenvalue weighted by atomic mass is 19.1. The van der Waals surface area contributed by atoms with Crippen molar-refractivity contribution in [1.29, 1.82) is 0 Å². The maximum atomic E-state index is 14.2. The molecule has 0 unspecified atom stereocenters. The first-order valence-electron chi connectivity index (χ1n) is 5.90. The van der Waals surface area contributed by atoms with Gasteiger partial charge in [0.25, 0.3) is 0 Å². The molecule has 0 saturated carbocycles. The van der Waals surface area contributed by atoms with E-state index in [0.29, 0.717) is 36.8 Å². The van der Waals surface area contributed by atoms with Crippen LogP contribution >= 0.6 is 0 Å². The fourth-order valence-corrected chi connectivity index (χ4v) is 1.98. The second-order valence-electron chi connectivity index (χ2n) is 4.65. The van der Waals surface area contributed by atoms with E-state index in [1.165, 1.54) is 21.0 Å². The van der Waals surface area contributed by atoms with Crippen LogP contribution in [0.25, 0.3) is 0 Å². The van der Waals surface area contributed by atoms with Crippen LogP contribution in [-0.2, 0) is 17.1 Å². The van der Waals surface area contributed by atoms with Gasteiger partial charge in [0.05, 0.1) is 7.11 Å². The Kier molecular flexibility index (Phi) is 3.73.